The van der Waals surface area contributed by atoms with E-state index in [1.165, 1.54) is 0 Å². The smallest absolute Gasteiger partial charge is 0.339 e. The standard InChI is InChI=1S/C40H28N4O23S4/c1-62-40-37(66-70(58,59)31-14-6-26(7-15-31)43(50)51)18-23(19-38(40)67-71(60,61)32-16-8-27(9-17-32)44(52)53)39-34(45)22-33-35(63-39)20-28(64-68(54,55)29-10-2-24(3-11-29)41(46)47)21-36(33)65-69(56,57)30-12-4-25(5-13-30)42(48)49/h2-21,34,39,45H,22H2,1H3/t34-,39-/m1/s1. The summed E-state index contributed by atoms with van der Waals surface area (Å²) in [4.78, 5) is 39.1. The van der Waals surface area contributed by atoms with Crippen LogP contribution in [0.2, 0.25) is 0 Å². The molecule has 27 nitrogen and oxygen atoms in total. The van der Waals surface area contributed by atoms with Crippen LogP contribution in [0, 0.1) is 40.5 Å². The SMILES string of the molecule is COc1c(OS(=O)(=O)c2ccc([N+](=O)[O-])cc2)cc([C@H]2Oc3cc(OS(=O)(=O)c4ccc([N+](=O)[O-])cc4)cc(OS(=O)(=O)c4ccc([N+](=O)[O-])cc4)c3C[C@H]2O)cc1OS(=O)(=O)c1ccc([N+](=O)[O-])cc1. The van der Waals surface area contributed by atoms with Crippen LogP contribution < -0.4 is 26.2 Å². The van der Waals surface area contributed by atoms with Crippen molar-refractivity contribution in [3.8, 4) is 34.5 Å². The third-order valence-electron chi connectivity index (χ3n) is 9.88. The van der Waals surface area contributed by atoms with Crippen molar-refractivity contribution in [3.63, 3.8) is 0 Å². The third kappa shape index (κ3) is 10.9. The molecule has 1 aliphatic heterocycles. The van der Waals surface area contributed by atoms with Gasteiger partial charge in [0.15, 0.2) is 23.4 Å². The van der Waals surface area contributed by atoms with E-state index >= 15 is 0 Å². The summed E-state index contributed by atoms with van der Waals surface area (Å²) < 4.78 is 142. The van der Waals surface area contributed by atoms with Gasteiger partial charge in [-0.3, -0.25) is 40.5 Å². The zero-order chi connectivity index (χ0) is 51.8. The molecule has 7 rings (SSSR count). The number of ether oxygens (including phenoxy) is 2. The van der Waals surface area contributed by atoms with Gasteiger partial charge < -0.3 is 31.3 Å². The maximum atomic E-state index is 13.6. The van der Waals surface area contributed by atoms with Crippen LogP contribution in [-0.2, 0) is 46.9 Å². The van der Waals surface area contributed by atoms with Gasteiger partial charge in [-0.15, -0.1) is 0 Å². The first-order valence-corrected chi connectivity index (χ1v) is 24.9. The molecule has 0 unspecified atom stereocenters. The zero-order valence-electron chi connectivity index (χ0n) is 35.3. The lowest BCUT2D eigenvalue weighted by Gasteiger charge is -2.32. The van der Waals surface area contributed by atoms with E-state index in [0.29, 0.717) is 0 Å². The Hall–Kier alpha value is -8.52. The van der Waals surface area contributed by atoms with Crippen LogP contribution in [0.5, 0.6) is 34.5 Å². The number of aliphatic hydroxyl groups is 1. The zero-order valence-corrected chi connectivity index (χ0v) is 38.5. The minimum atomic E-state index is -5.02. The number of hydrogen-bond donors (Lipinski definition) is 1. The predicted molar refractivity (Wildman–Crippen MR) is 236 cm³/mol. The summed E-state index contributed by atoms with van der Waals surface area (Å²) in [5, 5.41) is 56.6. The molecule has 370 valence electrons. The van der Waals surface area contributed by atoms with Gasteiger partial charge in [0.2, 0.25) is 5.75 Å². The molecule has 6 aromatic rings. The molecule has 31 heteroatoms. The van der Waals surface area contributed by atoms with Crippen molar-refractivity contribution in [1.82, 2.24) is 0 Å². The van der Waals surface area contributed by atoms with Crippen LogP contribution in [0.3, 0.4) is 0 Å². The lowest BCUT2D eigenvalue weighted by molar-refractivity contribution is -0.385. The second-order valence-corrected chi connectivity index (χ2v) is 20.6. The van der Waals surface area contributed by atoms with Gasteiger partial charge in [0, 0.05) is 78.2 Å². The number of aliphatic hydroxyl groups excluding tert-OH is 1. The fraction of sp³-hybridized carbons (Fsp3) is 0.100. The van der Waals surface area contributed by atoms with Gasteiger partial charge in [-0.25, -0.2) is 0 Å². The molecule has 0 aliphatic carbocycles. The van der Waals surface area contributed by atoms with Gasteiger partial charge in [-0.1, -0.05) is 0 Å². The maximum absolute atomic E-state index is 13.6. The summed E-state index contributed by atoms with van der Waals surface area (Å²) in [6.07, 6.45) is -4.32. The number of nitro groups is 4. The second kappa shape index (κ2) is 19.1. The fourth-order valence-corrected chi connectivity index (χ4v) is 10.3. The topological polar surface area (TPSA) is 385 Å². The highest BCUT2D eigenvalue weighted by Gasteiger charge is 2.37. The quantitative estimate of drug-likeness (QED) is 0.0636. The largest absolute Gasteiger partial charge is 0.490 e. The molecule has 0 spiro atoms. The molecule has 0 aromatic heterocycles. The highest BCUT2D eigenvalue weighted by molar-refractivity contribution is 7.88. The molecular weight excluding hydrogens is 1030 g/mol. The summed E-state index contributed by atoms with van der Waals surface area (Å²) in [7, 11) is -19.0. The Morgan fingerprint density at radius 3 is 1.14 bits per heavy atom. The summed E-state index contributed by atoms with van der Waals surface area (Å²) in [6, 6.07) is 16.7. The van der Waals surface area contributed by atoms with E-state index in [1.807, 2.05) is 0 Å². The van der Waals surface area contributed by atoms with Gasteiger partial charge in [-0.2, -0.15) is 33.7 Å². The number of methoxy groups -OCH3 is 1. The molecule has 6 aromatic carbocycles. The van der Waals surface area contributed by atoms with Gasteiger partial charge >= 0.3 is 40.5 Å². The lowest BCUT2D eigenvalue weighted by atomic mass is 9.93. The highest BCUT2D eigenvalue weighted by Crippen LogP contribution is 2.48. The first-order valence-electron chi connectivity index (χ1n) is 19.3. The monoisotopic (exact) mass is 1060 g/mol. The third-order valence-corrected chi connectivity index (χ3v) is 14.9. The van der Waals surface area contributed by atoms with Crippen molar-refractivity contribution in [3.05, 3.63) is 173 Å². The number of rotatable bonds is 18. The lowest BCUT2D eigenvalue weighted by Crippen LogP contribution is -2.31. The summed E-state index contributed by atoms with van der Waals surface area (Å²) in [5.41, 5.74) is -2.68. The van der Waals surface area contributed by atoms with E-state index in [1.54, 1.807) is 0 Å². The molecule has 0 fully saturated rings. The Balaban J connectivity index is 1.35. The van der Waals surface area contributed by atoms with E-state index in [2.05, 4.69) is 0 Å². The first kappa shape index (κ1) is 50.4. The molecule has 1 N–H and O–H groups in total. The molecule has 0 bridgehead atoms. The van der Waals surface area contributed by atoms with Crippen molar-refractivity contribution in [2.45, 2.75) is 38.2 Å². The molecule has 2 atom stereocenters. The van der Waals surface area contributed by atoms with Crippen molar-refractivity contribution in [1.29, 1.82) is 0 Å². The van der Waals surface area contributed by atoms with Crippen LogP contribution in [0.15, 0.2) is 141 Å². The van der Waals surface area contributed by atoms with Crippen LogP contribution in [0.1, 0.15) is 17.2 Å². The van der Waals surface area contributed by atoms with Gasteiger partial charge in [-0.05, 0) is 60.7 Å². The van der Waals surface area contributed by atoms with Crippen LogP contribution >= 0.6 is 0 Å². The minimum Gasteiger partial charge on any atom is -0.490 e. The molecule has 0 amide bonds. The van der Waals surface area contributed by atoms with E-state index in [-0.39, 0.29) is 5.56 Å². The number of nitro benzene ring substituents is 4. The predicted octanol–water partition coefficient (Wildman–Crippen LogP) is 5.44. The van der Waals surface area contributed by atoms with Crippen molar-refractivity contribution in [2.75, 3.05) is 7.11 Å². The number of hydrogen-bond acceptors (Lipinski definition) is 23. The first-order chi connectivity index (χ1) is 33.3. The number of benzene rings is 6. The Morgan fingerprint density at radius 1 is 0.493 bits per heavy atom. The molecule has 0 saturated heterocycles. The second-order valence-electron chi connectivity index (χ2n) is 14.4. The molecule has 1 aliphatic rings. The average molecular weight is 1060 g/mol. The van der Waals surface area contributed by atoms with Crippen molar-refractivity contribution < 1.29 is 84.7 Å². The fourth-order valence-electron chi connectivity index (χ4n) is 6.54. The van der Waals surface area contributed by atoms with Crippen molar-refractivity contribution >= 4 is 63.2 Å². The minimum absolute atomic E-state index is 0.290. The summed E-state index contributed by atoms with van der Waals surface area (Å²) in [5.74, 6) is -4.43. The van der Waals surface area contributed by atoms with Crippen LogP contribution in [0.4, 0.5) is 22.7 Å². The molecule has 71 heavy (non-hydrogen) atoms. The molecule has 0 radical (unpaired) electrons. The Bertz CT molecular complexity index is 3490. The molecule has 0 saturated carbocycles. The van der Waals surface area contributed by atoms with Crippen LogP contribution in [-0.4, -0.2) is 71.7 Å². The Morgan fingerprint density at radius 2 is 0.817 bits per heavy atom. The normalized spacial score (nSPS) is 14.7. The summed E-state index contributed by atoms with van der Waals surface area (Å²) in [6.45, 7) is 0. The van der Waals surface area contributed by atoms with Gasteiger partial charge in [0.1, 0.15) is 31.1 Å². The van der Waals surface area contributed by atoms with E-state index in [0.717, 1.165) is 128 Å². The van der Waals surface area contributed by atoms with Crippen molar-refractivity contribution in [2.24, 2.45) is 0 Å². The molecule has 1 heterocycles. The summed E-state index contributed by atoms with van der Waals surface area (Å²) >= 11 is 0. The Kier molecular flexibility index (Phi) is 13.6. The number of nitrogens with zero attached hydrogens (tertiary/aromatic N) is 4. The van der Waals surface area contributed by atoms with Gasteiger partial charge in [0.25, 0.3) is 22.7 Å². The Labute approximate surface area is 399 Å². The average Bonchev–Trinajstić information content (AvgIpc) is 3.31. The maximum Gasteiger partial charge on any atom is 0.339 e. The van der Waals surface area contributed by atoms with Crippen LogP contribution in [0.25, 0.3) is 0 Å². The highest BCUT2D eigenvalue weighted by atomic mass is 32.2. The molecular formula is C40H28N4O23S4. The van der Waals surface area contributed by atoms with E-state index in [9.17, 15) is 79.2 Å². The van der Waals surface area contributed by atoms with E-state index in [4.69, 9.17) is 26.2 Å². The van der Waals surface area contributed by atoms with Gasteiger partial charge in [0.05, 0.1) is 32.9 Å². The van der Waals surface area contributed by atoms with E-state index < -0.39 is 161 Å². The number of fused-ring (bicyclic) bond motifs is 1. The number of non-ortho nitro benzene ring substituents is 4.